The molecule has 2 aromatic carbocycles. The monoisotopic (exact) mass is 318 g/mol. The van der Waals surface area contributed by atoms with E-state index in [1.54, 1.807) is 0 Å². The maximum absolute atomic E-state index is 11.7. The van der Waals surface area contributed by atoms with Gasteiger partial charge < -0.3 is 15.7 Å². The first kappa shape index (κ1) is 14.5. The molecule has 2 heterocycles. The Morgan fingerprint density at radius 1 is 1.29 bits per heavy atom. The molecule has 0 fully saturated rings. The van der Waals surface area contributed by atoms with E-state index in [-0.39, 0.29) is 6.04 Å². The fourth-order valence-corrected chi connectivity index (χ4v) is 3.34. The quantitative estimate of drug-likeness (QED) is 0.779. The van der Waals surface area contributed by atoms with Crippen molar-refractivity contribution in [3.63, 3.8) is 0 Å². The summed E-state index contributed by atoms with van der Waals surface area (Å²) in [5.74, 6) is -0.417. The zero-order valence-corrected chi connectivity index (χ0v) is 13.4. The first-order valence-electron chi connectivity index (χ1n) is 7.93. The Morgan fingerprint density at radius 2 is 2.08 bits per heavy atom. The van der Waals surface area contributed by atoms with Gasteiger partial charge in [0.15, 0.2) is 0 Å². The van der Waals surface area contributed by atoms with Gasteiger partial charge in [-0.3, -0.25) is 4.79 Å². The molecule has 3 N–H and O–H groups in total. The highest BCUT2D eigenvalue weighted by Crippen LogP contribution is 2.31. The summed E-state index contributed by atoms with van der Waals surface area (Å²) in [7, 11) is 0. The van der Waals surface area contributed by atoms with Crippen LogP contribution in [0.1, 0.15) is 40.0 Å². The molecule has 0 aliphatic carbocycles. The Hall–Kier alpha value is -3.08. The molecule has 1 amide bonds. The Bertz CT molecular complexity index is 956. The number of hydrogen-bond donors (Lipinski definition) is 2. The Labute approximate surface area is 139 Å². The smallest absolute Gasteiger partial charge is 0.248 e. The lowest BCUT2D eigenvalue weighted by atomic mass is 10.0. The number of nitrogens with zero attached hydrogens (tertiary/aromatic N) is 2. The van der Waals surface area contributed by atoms with Gasteiger partial charge >= 0.3 is 0 Å². The number of nitrogens with two attached hydrogens (primary N) is 1. The highest BCUT2D eigenvalue weighted by Gasteiger charge is 2.19. The molecule has 3 aromatic rings. The minimum atomic E-state index is -0.417. The number of aromatic nitrogens is 1. The van der Waals surface area contributed by atoms with Gasteiger partial charge in [0.25, 0.3) is 0 Å². The molecule has 0 bridgehead atoms. The van der Waals surface area contributed by atoms with Crippen molar-refractivity contribution in [1.82, 2.24) is 9.99 Å². The van der Waals surface area contributed by atoms with Crippen LogP contribution in [-0.2, 0) is 6.54 Å². The van der Waals surface area contributed by atoms with Crippen LogP contribution in [0.15, 0.2) is 53.8 Å². The average molecular weight is 318 g/mol. The fourth-order valence-electron chi connectivity index (χ4n) is 3.34. The predicted octanol–water partition coefficient (Wildman–Crippen LogP) is 2.79. The van der Waals surface area contributed by atoms with Gasteiger partial charge in [0.1, 0.15) is 0 Å². The van der Waals surface area contributed by atoms with E-state index < -0.39 is 5.91 Å². The molecular formula is C19H18N4O. The van der Waals surface area contributed by atoms with E-state index >= 15 is 0 Å². The van der Waals surface area contributed by atoms with E-state index in [9.17, 15) is 4.79 Å². The third-order valence-electron chi connectivity index (χ3n) is 4.59. The van der Waals surface area contributed by atoms with Crippen molar-refractivity contribution in [3.8, 4) is 0 Å². The number of carbonyl (C=O) groups excluding carboxylic acids is 1. The summed E-state index contributed by atoms with van der Waals surface area (Å²) in [4.78, 5) is 11.7. The Morgan fingerprint density at radius 3 is 2.83 bits per heavy atom. The molecule has 1 aliphatic heterocycles. The summed E-state index contributed by atoms with van der Waals surface area (Å²) in [5, 5.41) is 5.35. The van der Waals surface area contributed by atoms with Crippen LogP contribution in [0.25, 0.3) is 10.9 Å². The summed E-state index contributed by atoms with van der Waals surface area (Å²) in [6.07, 6.45) is 3.92. The number of primary amides is 1. The molecule has 0 spiro atoms. The van der Waals surface area contributed by atoms with Gasteiger partial charge in [-0.2, -0.15) is 5.10 Å². The van der Waals surface area contributed by atoms with Crippen molar-refractivity contribution < 1.29 is 4.79 Å². The number of benzene rings is 2. The van der Waals surface area contributed by atoms with Crippen LogP contribution in [0.4, 0.5) is 0 Å². The molecule has 5 nitrogen and oxygen atoms in total. The number of carbonyl (C=O) groups is 1. The molecule has 0 saturated heterocycles. The largest absolute Gasteiger partial charge is 0.366 e. The number of rotatable bonds is 3. The van der Waals surface area contributed by atoms with Crippen LogP contribution in [0, 0.1) is 0 Å². The first-order valence-corrected chi connectivity index (χ1v) is 7.93. The second-order valence-corrected chi connectivity index (χ2v) is 6.07. The van der Waals surface area contributed by atoms with Gasteiger partial charge in [-0.1, -0.05) is 30.3 Å². The topological polar surface area (TPSA) is 72.4 Å². The van der Waals surface area contributed by atoms with E-state index in [1.165, 1.54) is 5.56 Å². The molecule has 0 unspecified atom stereocenters. The highest BCUT2D eigenvalue weighted by molar-refractivity contribution is 6.05. The first-order chi connectivity index (χ1) is 11.6. The van der Waals surface area contributed by atoms with E-state index in [2.05, 4.69) is 40.3 Å². The van der Waals surface area contributed by atoms with Crippen LogP contribution in [0.2, 0.25) is 0 Å². The molecule has 1 atom stereocenters. The van der Waals surface area contributed by atoms with Gasteiger partial charge in [0, 0.05) is 22.7 Å². The SMILES string of the molecule is C[C@H](c1ccccc1)n1cc2c3c(cc(C(N)=O)cc31)CNN=C2. The van der Waals surface area contributed by atoms with Crippen LogP contribution in [0.3, 0.4) is 0 Å². The van der Waals surface area contributed by atoms with Crippen LogP contribution in [0.5, 0.6) is 0 Å². The van der Waals surface area contributed by atoms with Crippen molar-refractivity contribution in [2.24, 2.45) is 10.8 Å². The normalized spacial score (nSPS) is 14.2. The lowest BCUT2D eigenvalue weighted by Gasteiger charge is -2.17. The van der Waals surface area contributed by atoms with Gasteiger partial charge in [-0.15, -0.1) is 0 Å². The van der Waals surface area contributed by atoms with Crippen molar-refractivity contribution >= 4 is 23.0 Å². The van der Waals surface area contributed by atoms with Crippen LogP contribution < -0.4 is 11.2 Å². The van der Waals surface area contributed by atoms with Crippen LogP contribution >= 0.6 is 0 Å². The van der Waals surface area contributed by atoms with E-state index in [0.29, 0.717) is 12.1 Å². The average Bonchev–Trinajstić information content (AvgIpc) is 2.84. The van der Waals surface area contributed by atoms with Gasteiger partial charge in [0.2, 0.25) is 5.91 Å². The van der Waals surface area contributed by atoms with Gasteiger partial charge in [-0.05, 0) is 30.2 Å². The van der Waals surface area contributed by atoms with Crippen molar-refractivity contribution in [2.75, 3.05) is 0 Å². The van der Waals surface area contributed by atoms with Crippen LogP contribution in [-0.4, -0.2) is 16.7 Å². The molecule has 0 saturated carbocycles. The minimum Gasteiger partial charge on any atom is -0.366 e. The summed E-state index contributed by atoms with van der Waals surface area (Å²) in [6.45, 7) is 2.72. The summed E-state index contributed by atoms with van der Waals surface area (Å²) in [6, 6.07) is 14.2. The maximum Gasteiger partial charge on any atom is 0.248 e. The minimum absolute atomic E-state index is 0.138. The third-order valence-corrected chi connectivity index (χ3v) is 4.59. The number of hydrazone groups is 1. The summed E-state index contributed by atoms with van der Waals surface area (Å²) >= 11 is 0. The molecule has 24 heavy (non-hydrogen) atoms. The van der Waals surface area contributed by atoms with E-state index in [4.69, 9.17) is 5.73 Å². The fraction of sp³-hybridized carbons (Fsp3) is 0.158. The molecule has 1 aliphatic rings. The Balaban J connectivity index is 1.98. The lowest BCUT2D eigenvalue weighted by molar-refractivity contribution is 0.100. The number of hydrogen-bond acceptors (Lipinski definition) is 3. The molecule has 120 valence electrons. The van der Waals surface area contributed by atoms with Crippen molar-refractivity contribution in [3.05, 3.63) is 70.9 Å². The molecular weight excluding hydrogens is 300 g/mol. The number of amides is 1. The molecule has 1 aromatic heterocycles. The molecule has 0 radical (unpaired) electrons. The molecule has 4 rings (SSSR count). The standard InChI is InChI=1S/C19H18N4O/c1-12(13-5-3-2-4-6-13)23-11-16-10-22-21-9-15-7-14(19(20)24)8-17(23)18(15)16/h2-8,10-12,21H,9H2,1H3,(H2,20,24)/t12-/m1/s1. The lowest BCUT2D eigenvalue weighted by Crippen LogP contribution is -2.13. The summed E-state index contributed by atoms with van der Waals surface area (Å²) in [5.41, 5.74) is 13.3. The summed E-state index contributed by atoms with van der Waals surface area (Å²) < 4.78 is 2.19. The Kier molecular flexibility index (Phi) is 3.34. The van der Waals surface area contributed by atoms with Crippen molar-refractivity contribution in [1.29, 1.82) is 0 Å². The van der Waals surface area contributed by atoms with E-state index in [1.807, 2.05) is 36.5 Å². The van der Waals surface area contributed by atoms with Gasteiger partial charge in [-0.25, -0.2) is 0 Å². The molecule has 5 heteroatoms. The van der Waals surface area contributed by atoms with E-state index in [0.717, 1.165) is 22.0 Å². The maximum atomic E-state index is 11.7. The van der Waals surface area contributed by atoms with Crippen molar-refractivity contribution in [2.45, 2.75) is 19.5 Å². The highest BCUT2D eigenvalue weighted by atomic mass is 16.1. The zero-order chi connectivity index (χ0) is 16.7. The second-order valence-electron chi connectivity index (χ2n) is 6.07. The van der Waals surface area contributed by atoms with Gasteiger partial charge in [0.05, 0.1) is 24.3 Å². The number of nitrogens with one attached hydrogen (secondary N) is 1. The zero-order valence-electron chi connectivity index (χ0n) is 13.4. The predicted molar refractivity (Wildman–Crippen MR) is 95.1 cm³/mol. The third kappa shape index (κ3) is 2.25. The second kappa shape index (κ2) is 5.53.